The summed E-state index contributed by atoms with van der Waals surface area (Å²) in [4.78, 5) is 36.1. The van der Waals surface area contributed by atoms with Gasteiger partial charge >= 0.3 is 5.97 Å². The largest absolute Gasteiger partial charge is 0.449 e. The van der Waals surface area contributed by atoms with E-state index in [4.69, 9.17) is 4.74 Å². The van der Waals surface area contributed by atoms with E-state index in [-0.39, 0.29) is 5.91 Å². The number of amides is 1. The molecular formula is C24H23N3O3S. The molecule has 0 aliphatic heterocycles. The number of para-hydroxylation sites is 1. The number of esters is 1. The molecule has 2 heterocycles. The highest BCUT2D eigenvalue weighted by molar-refractivity contribution is 7.18. The second kappa shape index (κ2) is 8.43. The molecule has 1 unspecified atom stereocenters. The Morgan fingerprint density at radius 2 is 1.84 bits per heavy atom. The van der Waals surface area contributed by atoms with E-state index in [0.29, 0.717) is 17.8 Å². The van der Waals surface area contributed by atoms with Crippen LogP contribution in [-0.4, -0.2) is 39.9 Å². The van der Waals surface area contributed by atoms with Gasteiger partial charge in [0.2, 0.25) is 0 Å². The summed E-state index contributed by atoms with van der Waals surface area (Å²) in [6.45, 7) is 5.69. The summed E-state index contributed by atoms with van der Waals surface area (Å²) in [5.41, 5.74) is 3.75. The van der Waals surface area contributed by atoms with Crippen molar-refractivity contribution in [3.8, 4) is 0 Å². The summed E-state index contributed by atoms with van der Waals surface area (Å²) < 4.78 is 6.57. The van der Waals surface area contributed by atoms with Gasteiger partial charge in [-0.25, -0.2) is 9.78 Å². The molecule has 2 aromatic carbocycles. The van der Waals surface area contributed by atoms with Crippen LogP contribution in [0.1, 0.15) is 33.5 Å². The van der Waals surface area contributed by atoms with E-state index in [2.05, 4.69) is 9.97 Å². The van der Waals surface area contributed by atoms with Gasteiger partial charge in [0.15, 0.2) is 6.10 Å². The van der Waals surface area contributed by atoms with Crippen LogP contribution in [0.4, 0.5) is 0 Å². The monoisotopic (exact) mass is 433 g/mol. The van der Waals surface area contributed by atoms with Crippen molar-refractivity contribution in [1.29, 1.82) is 0 Å². The van der Waals surface area contributed by atoms with Gasteiger partial charge in [-0.2, -0.15) is 0 Å². The highest BCUT2D eigenvalue weighted by Crippen LogP contribution is 2.23. The van der Waals surface area contributed by atoms with E-state index < -0.39 is 12.1 Å². The molecular weight excluding hydrogens is 410 g/mol. The van der Waals surface area contributed by atoms with Gasteiger partial charge < -0.3 is 9.64 Å². The number of carbonyl (C=O) groups excluding carboxylic acids is 2. The minimum atomic E-state index is -0.917. The van der Waals surface area contributed by atoms with Crippen LogP contribution in [0.3, 0.4) is 0 Å². The molecule has 0 radical (unpaired) electrons. The zero-order chi connectivity index (χ0) is 22.1. The summed E-state index contributed by atoms with van der Waals surface area (Å²) in [7, 11) is 1.68. The van der Waals surface area contributed by atoms with Gasteiger partial charge in [-0.1, -0.05) is 23.8 Å². The normalized spacial score (nSPS) is 12.1. The number of thiazole rings is 1. The van der Waals surface area contributed by atoms with Crippen LogP contribution in [0.25, 0.3) is 21.1 Å². The third kappa shape index (κ3) is 4.41. The SMILES string of the molecule is Cc1ccc2nc(C)c(C(=O)OC(C)C(=O)N(C)Cc3nc4ccccc4s3)cc2c1. The Labute approximate surface area is 184 Å². The second-order valence-electron chi connectivity index (χ2n) is 7.63. The lowest BCUT2D eigenvalue weighted by Crippen LogP contribution is -2.37. The molecule has 1 atom stereocenters. The standard InChI is InChI=1S/C24H23N3O3S/c1-14-9-10-19-17(11-14)12-18(15(2)25-19)24(29)30-16(3)23(28)27(4)13-22-26-20-7-5-6-8-21(20)31-22/h5-12,16H,13H2,1-4H3. The Hall–Kier alpha value is -3.32. The predicted molar refractivity (Wildman–Crippen MR) is 122 cm³/mol. The molecule has 158 valence electrons. The smallest absolute Gasteiger partial charge is 0.340 e. The number of hydrogen-bond acceptors (Lipinski definition) is 6. The van der Waals surface area contributed by atoms with E-state index in [1.54, 1.807) is 38.3 Å². The molecule has 7 heteroatoms. The maximum Gasteiger partial charge on any atom is 0.340 e. The van der Waals surface area contributed by atoms with Crippen LogP contribution in [0, 0.1) is 13.8 Å². The van der Waals surface area contributed by atoms with E-state index in [1.807, 2.05) is 49.4 Å². The minimum Gasteiger partial charge on any atom is -0.449 e. The van der Waals surface area contributed by atoms with Gasteiger partial charge in [-0.15, -0.1) is 11.3 Å². The highest BCUT2D eigenvalue weighted by atomic mass is 32.1. The van der Waals surface area contributed by atoms with Crippen LogP contribution in [0.5, 0.6) is 0 Å². The van der Waals surface area contributed by atoms with E-state index in [0.717, 1.165) is 31.7 Å². The first-order valence-electron chi connectivity index (χ1n) is 10.0. The number of rotatable bonds is 5. The summed E-state index contributed by atoms with van der Waals surface area (Å²) in [6, 6.07) is 15.5. The lowest BCUT2D eigenvalue weighted by atomic mass is 10.1. The first-order chi connectivity index (χ1) is 14.8. The Balaban J connectivity index is 1.45. The van der Waals surface area contributed by atoms with E-state index in [1.165, 1.54) is 4.90 Å². The fourth-order valence-electron chi connectivity index (χ4n) is 3.45. The number of carbonyl (C=O) groups is 2. The molecule has 0 aliphatic rings. The van der Waals surface area contributed by atoms with Gasteiger partial charge in [-0.05, 0) is 51.1 Å². The molecule has 0 saturated carbocycles. The number of aryl methyl sites for hydroxylation is 2. The number of likely N-dealkylation sites (N-methyl/N-ethyl adjacent to an activating group) is 1. The number of aromatic nitrogens is 2. The lowest BCUT2D eigenvalue weighted by molar-refractivity contribution is -0.139. The van der Waals surface area contributed by atoms with Crippen LogP contribution in [-0.2, 0) is 16.1 Å². The zero-order valence-electron chi connectivity index (χ0n) is 17.9. The third-order valence-electron chi connectivity index (χ3n) is 5.10. The lowest BCUT2D eigenvalue weighted by Gasteiger charge is -2.21. The highest BCUT2D eigenvalue weighted by Gasteiger charge is 2.24. The predicted octanol–water partition coefficient (Wildman–Crippen LogP) is 4.67. The molecule has 0 spiro atoms. The van der Waals surface area contributed by atoms with Crippen molar-refractivity contribution in [3.05, 3.63) is 70.4 Å². The fraction of sp³-hybridized carbons (Fsp3) is 0.250. The molecule has 0 aliphatic carbocycles. The summed E-state index contributed by atoms with van der Waals surface area (Å²) in [5.74, 6) is -0.836. The quantitative estimate of drug-likeness (QED) is 0.428. The zero-order valence-corrected chi connectivity index (χ0v) is 18.7. The van der Waals surface area contributed by atoms with Gasteiger partial charge in [0.1, 0.15) is 5.01 Å². The van der Waals surface area contributed by atoms with Gasteiger partial charge in [0.25, 0.3) is 5.91 Å². The maximum absolute atomic E-state index is 12.8. The number of benzene rings is 2. The van der Waals surface area contributed by atoms with Crippen molar-refractivity contribution in [1.82, 2.24) is 14.9 Å². The molecule has 0 bridgehead atoms. The molecule has 6 nitrogen and oxygen atoms in total. The summed E-state index contributed by atoms with van der Waals surface area (Å²) >= 11 is 1.55. The topological polar surface area (TPSA) is 72.4 Å². The number of ether oxygens (including phenoxy) is 1. The number of pyridine rings is 1. The maximum atomic E-state index is 12.8. The van der Waals surface area contributed by atoms with Crippen molar-refractivity contribution in [3.63, 3.8) is 0 Å². The van der Waals surface area contributed by atoms with Crippen molar-refractivity contribution in [2.24, 2.45) is 0 Å². The Morgan fingerprint density at radius 3 is 2.61 bits per heavy atom. The van der Waals surface area contributed by atoms with Crippen molar-refractivity contribution in [2.45, 2.75) is 33.4 Å². The third-order valence-corrected chi connectivity index (χ3v) is 6.12. The average molecular weight is 434 g/mol. The van der Waals surface area contributed by atoms with Gasteiger partial charge in [0, 0.05) is 12.4 Å². The van der Waals surface area contributed by atoms with E-state index >= 15 is 0 Å². The Kier molecular flexibility index (Phi) is 5.69. The van der Waals surface area contributed by atoms with Crippen molar-refractivity contribution in [2.75, 3.05) is 7.05 Å². The average Bonchev–Trinajstić information content (AvgIpc) is 3.15. The second-order valence-corrected chi connectivity index (χ2v) is 8.75. The molecule has 31 heavy (non-hydrogen) atoms. The fourth-order valence-corrected chi connectivity index (χ4v) is 4.47. The van der Waals surface area contributed by atoms with Crippen LogP contribution < -0.4 is 0 Å². The molecule has 4 aromatic rings. The molecule has 4 rings (SSSR count). The number of nitrogens with zero attached hydrogens (tertiary/aromatic N) is 3. The van der Waals surface area contributed by atoms with Gasteiger partial charge in [-0.3, -0.25) is 9.78 Å². The number of fused-ring (bicyclic) bond motifs is 2. The molecule has 0 saturated heterocycles. The number of hydrogen-bond donors (Lipinski definition) is 0. The molecule has 2 aromatic heterocycles. The van der Waals surface area contributed by atoms with Gasteiger partial charge in [0.05, 0.1) is 33.5 Å². The summed E-state index contributed by atoms with van der Waals surface area (Å²) in [5, 5.41) is 1.70. The van der Waals surface area contributed by atoms with Crippen LogP contribution in [0.2, 0.25) is 0 Å². The minimum absolute atomic E-state index is 0.283. The first-order valence-corrected chi connectivity index (χ1v) is 10.8. The van der Waals surface area contributed by atoms with Crippen LogP contribution >= 0.6 is 11.3 Å². The first kappa shape index (κ1) is 20.9. The summed E-state index contributed by atoms with van der Waals surface area (Å²) in [6.07, 6.45) is -0.917. The molecule has 1 amide bonds. The Bertz CT molecular complexity index is 1260. The van der Waals surface area contributed by atoms with Crippen LogP contribution in [0.15, 0.2) is 48.5 Å². The van der Waals surface area contributed by atoms with Crippen molar-refractivity contribution >= 4 is 44.3 Å². The van der Waals surface area contributed by atoms with E-state index in [9.17, 15) is 9.59 Å². The van der Waals surface area contributed by atoms with Crippen molar-refractivity contribution < 1.29 is 14.3 Å². The molecule has 0 fully saturated rings. The molecule has 0 N–H and O–H groups in total. The Morgan fingerprint density at radius 1 is 1.06 bits per heavy atom.